The summed E-state index contributed by atoms with van der Waals surface area (Å²) in [5.74, 6) is -1.03. The van der Waals surface area contributed by atoms with E-state index >= 15 is 0 Å². The lowest BCUT2D eigenvalue weighted by molar-refractivity contribution is -0.117. The van der Waals surface area contributed by atoms with Gasteiger partial charge in [0, 0.05) is 0 Å². The van der Waals surface area contributed by atoms with Crippen LogP contribution in [0.5, 0.6) is 0 Å². The molecule has 1 aromatic heterocycles. The van der Waals surface area contributed by atoms with Gasteiger partial charge in [-0.15, -0.1) is 24.0 Å². The third kappa shape index (κ3) is 2.71. The minimum Gasteiger partial charge on any atom is -0.368 e. The van der Waals surface area contributed by atoms with E-state index < -0.39 is 11.8 Å². The van der Waals surface area contributed by atoms with Crippen LogP contribution in [-0.4, -0.2) is 23.3 Å². The number of nitrogens with one attached hydrogen (secondary N) is 1. The van der Waals surface area contributed by atoms with Gasteiger partial charge >= 0.3 is 0 Å². The summed E-state index contributed by atoms with van der Waals surface area (Å²) in [5, 5.41) is 2.31. The highest BCUT2D eigenvalue weighted by Crippen LogP contribution is 2.16. The number of thiazole rings is 1. The van der Waals surface area contributed by atoms with Crippen LogP contribution in [0.1, 0.15) is 10.5 Å². The molecule has 1 rings (SSSR count). The molecule has 0 radical (unpaired) electrons. The molecule has 0 saturated carbocycles. The van der Waals surface area contributed by atoms with Gasteiger partial charge in [0.1, 0.15) is 0 Å². The topological polar surface area (TPSA) is 85.1 Å². The third-order valence-electron chi connectivity index (χ3n) is 1.19. The second-order valence-electron chi connectivity index (χ2n) is 2.16. The molecule has 3 N–H and O–H groups in total. The van der Waals surface area contributed by atoms with Gasteiger partial charge in [0.25, 0.3) is 5.91 Å². The molecule has 5 nitrogen and oxygen atoms in total. The smallest absolute Gasteiger partial charge is 0.272 e. The lowest BCUT2D eigenvalue weighted by atomic mass is 10.4. The second-order valence-corrected chi connectivity index (χ2v) is 3.76. The Balaban J connectivity index is 2.59. The molecule has 0 aliphatic rings. The van der Waals surface area contributed by atoms with Crippen molar-refractivity contribution in [3.8, 4) is 0 Å². The average Bonchev–Trinajstić information content (AvgIpc) is 2.47. The number of carbonyl (C=O) groups excluding carboxylic acids is 2. The van der Waals surface area contributed by atoms with Crippen LogP contribution < -0.4 is 11.1 Å². The van der Waals surface area contributed by atoms with Crippen molar-refractivity contribution in [2.45, 2.75) is 4.21 Å². The van der Waals surface area contributed by atoms with Crippen LogP contribution in [0.3, 0.4) is 0 Å². The van der Waals surface area contributed by atoms with E-state index in [1.165, 1.54) is 16.8 Å². The van der Waals surface area contributed by atoms with E-state index in [9.17, 15) is 9.59 Å². The van der Waals surface area contributed by atoms with E-state index in [4.69, 9.17) is 5.73 Å². The minimum atomic E-state index is -0.593. The molecule has 0 unspecified atom stereocenters. The Morgan fingerprint density at radius 2 is 2.38 bits per heavy atom. The molecule has 0 bridgehead atoms. The first-order valence-electron chi connectivity index (χ1n) is 3.30. The van der Waals surface area contributed by atoms with Crippen molar-refractivity contribution in [3.05, 3.63) is 11.2 Å². The molecule has 0 aliphatic heterocycles. The van der Waals surface area contributed by atoms with Crippen molar-refractivity contribution in [1.82, 2.24) is 10.3 Å². The molecule has 7 heteroatoms. The van der Waals surface area contributed by atoms with Gasteiger partial charge in [-0.2, -0.15) is 0 Å². The van der Waals surface area contributed by atoms with Crippen molar-refractivity contribution in [2.24, 2.45) is 5.73 Å². The third-order valence-corrected chi connectivity index (χ3v) is 2.34. The standard InChI is InChI=1S/C6H7N3O2S2/c7-3(10)1-8-5(11)4-6(12)13-2-9-4/h2,12H,1H2,(H2,7,10)(H,8,11). The highest BCUT2D eigenvalue weighted by Gasteiger charge is 2.12. The number of nitrogens with two attached hydrogens (primary N) is 1. The molecule has 0 spiro atoms. The quantitative estimate of drug-likeness (QED) is 0.605. The summed E-state index contributed by atoms with van der Waals surface area (Å²) in [4.78, 5) is 25.3. The highest BCUT2D eigenvalue weighted by atomic mass is 32.2. The largest absolute Gasteiger partial charge is 0.368 e. The van der Waals surface area contributed by atoms with Gasteiger partial charge < -0.3 is 11.1 Å². The number of thiol groups is 1. The van der Waals surface area contributed by atoms with E-state index in [2.05, 4.69) is 22.9 Å². The summed E-state index contributed by atoms with van der Waals surface area (Å²) in [5.41, 5.74) is 6.56. The maximum absolute atomic E-state index is 11.2. The first-order chi connectivity index (χ1) is 6.11. The number of rotatable bonds is 3. The van der Waals surface area contributed by atoms with Crippen LogP contribution in [0.4, 0.5) is 0 Å². The number of aromatic nitrogens is 1. The molecule has 0 aromatic carbocycles. The molecule has 70 valence electrons. The van der Waals surface area contributed by atoms with E-state index in [0.717, 1.165) is 0 Å². The molecule has 2 amide bonds. The number of primary amides is 1. The second kappa shape index (κ2) is 4.24. The fraction of sp³-hybridized carbons (Fsp3) is 0.167. The Morgan fingerprint density at radius 1 is 1.69 bits per heavy atom. The highest BCUT2D eigenvalue weighted by molar-refractivity contribution is 7.82. The number of hydrogen-bond donors (Lipinski definition) is 3. The predicted molar refractivity (Wildman–Crippen MR) is 50.9 cm³/mol. The zero-order chi connectivity index (χ0) is 9.84. The SMILES string of the molecule is NC(=O)CNC(=O)c1ncsc1S. The Hall–Kier alpha value is -1.08. The van der Waals surface area contributed by atoms with Gasteiger partial charge in [0.05, 0.1) is 16.3 Å². The van der Waals surface area contributed by atoms with Crippen LogP contribution in [0.2, 0.25) is 0 Å². The van der Waals surface area contributed by atoms with Gasteiger partial charge in [-0.05, 0) is 0 Å². The summed E-state index contributed by atoms with van der Waals surface area (Å²) in [6.45, 7) is -0.191. The minimum absolute atomic E-state index is 0.191. The molecular formula is C6H7N3O2S2. The van der Waals surface area contributed by atoms with Gasteiger partial charge in [-0.25, -0.2) is 4.98 Å². The molecule has 1 aromatic rings. The van der Waals surface area contributed by atoms with Crippen molar-refractivity contribution in [2.75, 3.05) is 6.54 Å². The molecule has 0 saturated heterocycles. The lowest BCUT2D eigenvalue weighted by Crippen LogP contribution is -2.33. The number of amides is 2. The summed E-state index contributed by atoms with van der Waals surface area (Å²) < 4.78 is 0.516. The van der Waals surface area contributed by atoms with E-state index in [1.54, 1.807) is 0 Å². The summed E-state index contributed by atoms with van der Waals surface area (Å²) in [6.07, 6.45) is 0. The zero-order valence-corrected chi connectivity index (χ0v) is 8.19. The monoisotopic (exact) mass is 217 g/mol. The fourth-order valence-corrected chi connectivity index (χ4v) is 1.46. The van der Waals surface area contributed by atoms with Crippen molar-refractivity contribution in [1.29, 1.82) is 0 Å². The maximum Gasteiger partial charge on any atom is 0.272 e. The van der Waals surface area contributed by atoms with Crippen LogP contribution >= 0.6 is 24.0 Å². The Kier molecular flexibility index (Phi) is 3.26. The Labute approximate surface area is 83.8 Å². The first kappa shape index (κ1) is 10.0. The first-order valence-corrected chi connectivity index (χ1v) is 4.63. The number of nitrogens with zero attached hydrogens (tertiary/aromatic N) is 1. The molecule has 1 heterocycles. The summed E-state index contributed by atoms with van der Waals surface area (Å²) >= 11 is 5.26. The van der Waals surface area contributed by atoms with Crippen molar-refractivity contribution >= 4 is 35.8 Å². The van der Waals surface area contributed by atoms with Crippen LogP contribution in [-0.2, 0) is 4.79 Å². The molecule has 13 heavy (non-hydrogen) atoms. The Bertz CT molecular complexity index is 336. The number of carbonyl (C=O) groups is 2. The predicted octanol–water partition coefficient (Wildman–Crippen LogP) is -0.353. The van der Waals surface area contributed by atoms with Gasteiger partial charge in [0.2, 0.25) is 5.91 Å². The summed E-state index contributed by atoms with van der Waals surface area (Å²) in [7, 11) is 0. The van der Waals surface area contributed by atoms with Crippen molar-refractivity contribution in [3.63, 3.8) is 0 Å². The average molecular weight is 217 g/mol. The van der Waals surface area contributed by atoms with E-state index in [1.807, 2.05) is 0 Å². The van der Waals surface area contributed by atoms with E-state index in [0.29, 0.717) is 4.21 Å². The maximum atomic E-state index is 11.2. The molecule has 0 aliphatic carbocycles. The van der Waals surface area contributed by atoms with E-state index in [-0.39, 0.29) is 12.2 Å². The lowest BCUT2D eigenvalue weighted by Gasteiger charge is -1.99. The molecule has 0 atom stereocenters. The summed E-state index contributed by atoms with van der Waals surface area (Å²) in [6, 6.07) is 0. The van der Waals surface area contributed by atoms with Crippen LogP contribution in [0.25, 0.3) is 0 Å². The normalized spacial score (nSPS) is 9.62. The van der Waals surface area contributed by atoms with Crippen LogP contribution in [0, 0.1) is 0 Å². The molecular weight excluding hydrogens is 210 g/mol. The number of hydrogen-bond acceptors (Lipinski definition) is 5. The van der Waals surface area contributed by atoms with Gasteiger partial charge in [-0.3, -0.25) is 9.59 Å². The van der Waals surface area contributed by atoms with Gasteiger partial charge in [-0.1, -0.05) is 0 Å². The van der Waals surface area contributed by atoms with Crippen molar-refractivity contribution < 1.29 is 9.59 Å². The van der Waals surface area contributed by atoms with Crippen LogP contribution in [0.15, 0.2) is 9.72 Å². The molecule has 0 fully saturated rings. The zero-order valence-electron chi connectivity index (χ0n) is 6.48. The Morgan fingerprint density at radius 3 is 2.85 bits per heavy atom. The van der Waals surface area contributed by atoms with Gasteiger partial charge in [0.15, 0.2) is 5.69 Å². The fourth-order valence-electron chi connectivity index (χ4n) is 0.647.